The second kappa shape index (κ2) is 5.45. The molecule has 0 aromatic heterocycles. The van der Waals surface area contributed by atoms with Crippen LogP contribution < -0.4 is 0 Å². The van der Waals surface area contributed by atoms with Gasteiger partial charge in [-0.05, 0) is 64.0 Å². The quantitative estimate of drug-likeness (QED) is 0.571. The SMILES string of the molecule is CC1=C(C(C)(C)C2C=Cc3ccccc32)C2=Cc3ccccc3CC2=C1. The summed E-state index contributed by atoms with van der Waals surface area (Å²) in [5.41, 5.74) is 11.6. The zero-order valence-electron chi connectivity index (χ0n) is 15.7. The molecule has 0 saturated carbocycles. The van der Waals surface area contributed by atoms with Crippen molar-refractivity contribution in [1.82, 2.24) is 0 Å². The Balaban J connectivity index is 1.62. The van der Waals surface area contributed by atoms with Crippen LogP contribution in [0.15, 0.2) is 83.0 Å². The Morgan fingerprint density at radius 3 is 2.46 bits per heavy atom. The summed E-state index contributed by atoms with van der Waals surface area (Å²) in [6.07, 6.45) is 10.6. The standard InChI is InChI=1S/C26H24/c1-17-14-21-15-19-9-4-5-10-20(19)16-23(21)25(17)26(2,3)24-13-12-18-8-6-7-11-22(18)24/h4-14,16,24H,15H2,1-3H3. The molecule has 0 nitrogen and oxygen atoms in total. The van der Waals surface area contributed by atoms with E-state index in [2.05, 4.69) is 93.6 Å². The fourth-order valence-corrected chi connectivity index (χ4v) is 5.18. The van der Waals surface area contributed by atoms with E-state index >= 15 is 0 Å². The first kappa shape index (κ1) is 15.6. The van der Waals surface area contributed by atoms with E-state index in [1.165, 1.54) is 44.5 Å². The van der Waals surface area contributed by atoms with Gasteiger partial charge in [-0.25, -0.2) is 0 Å². The molecule has 3 aliphatic rings. The average Bonchev–Trinajstić information content (AvgIpc) is 3.20. The first-order chi connectivity index (χ1) is 12.6. The molecule has 2 aromatic carbocycles. The van der Waals surface area contributed by atoms with Crippen LogP contribution in [0.5, 0.6) is 0 Å². The molecule has 0 N–H and O–H groups in total. The van der Waals surface area contributed by atoms with Gasteiger partial charge >= 0.3 is 0 Å². The molecule has 128 valence electrons. The van der Waals surface area contributed by atoms with Gasteiger partial charge in [0.1, 0.15) is 0 Å². The van der Waals surface area contributed by atoms with Crippen LogP contribution in [0.1, 0.15) is 48.9 Å². The average molecular weight is 336 g/mol. The molecule has 26 heavy (non-hydrogen) atoms. The van der Waals surface area contributed by atoms with Gasteiger partial charge < -0.3 is 0 Å². The van der Waals surface area contributed by atoms with Gasteiger partial charge in [0.25, 0.3) is 0 Å². The van der Waals surface area contributed by atoms with Gasteiger partial charge in [0.2, 0.25) is 0 Å². The van der Waals surface area contributed by atoms with E-state index in [4.69, 9.17) is 0 Å². The van der Waals surface area contributed by atoms with Crippen molar-refractivity contribution in [2.75, 3.05) is 0 Å². The zero-order valence-corrected chi connectivity index (χ0v) is 15.7. The van der Waals surface area contributed by atoms with Gasteiger partial charge in [0.15, 0.2) is 0 Å². The van der Waals surface area contributed by atoms with Crippen LogP contribution >= 0.6 is 0 Å². The van der Waals surface area contributed by atoms with E-state index < -0.39 is 0 Å². The molecular formula is C26H24. The van der Waals surface area contributed by atoms with Gasteiger partial charge in [-0.3, -0.25) is 0 Å². The lowest BCUT2D eigenvalue weighted by atomic mass is 9.67. The topological polar surface area (TPSA) is 0 Å². The summed E-state index contributed by atoms with van der Waals surface area (Å²) in [5.74, 6) is 0.425. The lowest BCUT2D eigenvalue weighted by Gasteiger charge is -2.36. The van der Waals surface area contributed by atoms with Gasteiger partial charge in [-0.15, -0.1) is 0 Å². The van der Waals surface area contributed by atoms with Crippen molar-refractivity contribution in [1.29, 1.82) is 0 Å². The van der Waals surface area contributed by atoms with E-state index in [-0.39, 0.29) is 5.41 Å². The Morgan fingerprint density at radius 1 is 0.885 bits per heavy atom. The molecule has 1 atom stereocenters. The number of hydrogen-bond donors (Lipinski definition) is 0. The van der Waals surface area contributed by atoms with Crippen molar-refractivity contribution in [3.05, 3.63) is 105 Å². The molecule has 0 amide bonds. The van der Waals surface area contributed by atoms with Crippen LogP contribution in [0.2, 0.25) is 0 Å². The van der Waals surface area contributed by atoms with Gasteiger partial charge in [0, 0.05) is 11.3 Å². The summed E-state index contributed by atoms with van der Waals surface area (Å²) in [7, 11) is 0. The number of benzene rings is 2. The molecule has 0 fully saturated rings. The van der Waals surface area contributed by atoms with Crippen molar-refractivity contribution in [2.24, 2.45) is 5.41 Å². The zero-order chi connectivity index (χ0) is 17.9. The highest BCUT2D eigenvalue weighted by molar-refractivity contribution is 5.77. The van der Waals surface area contributed by atoms with E-state index in [0.29, 0.717) is 5.92 Å². The first-order valence-corrected chi connectivity index (χ1v) is 9.55. The third kappa shape index (κ3) is 2.15. The molecule has 3 aliphatic carbocycles. The Morgan fingerprint density at radius 2 is 1.62 bits per heavy atom. The van der Waals surface area contributed by atoms with Crippen LogP contribution in [0.4, 0.5) is 0 Å². The molecule has 2 aromatic rings. The summed E-state index contributed by atoms with van der Waals surface area (Å²) in [5, 5.41) is 0. The predicted octanol–water partition coefficient (Wildman–Crippen LogP) is 6.72. The molecule has 1 unspecified atom stereocenters. The number of allylic oxidation sites excluding steroid dienone is 6. The number of hydrogen-bond acceptors (Lipinski definition) is 0. The van der Waals surface area contributed by atoms with Crippen molar-refractivity contribution in [3.8, 4) is 0 Å². The Labute approximate surface area is 156 Å². The van der Waals surface area contributed by atoms with Crippen molar-refractivity contribution >= 4 is 12.2 Å². The minimum atomic E-state index is 0.0591. The maximum absolute atomic E-state index is 2.42. The second-order valence-electron chi connectivity index (χ2n) is 8.35. The minimum Gasteiger partial charge on any atom is -0.0755 e. The molecule has 0 bridgehead atoms. The fraction of sp³-hybridized carbons (Fsp3) is 0.231. The third-order valence-electron chi connectivity index (χ3n) is 6.36. The van der Waals surface area contributed by atoms with Crippen molar-refractivity contribution in [3.63, 3.8) is 0 Å². The molecular weight excluding hydrogens is 312 g/mol. The monoisotopic (exact) mass is 336 g/mol. The van der Waals surface area contributed by atoms with Crippen LogP contribution in [0.25, 0.3) is 12.2 Å². The smallest absolute Gasteiger partial charge is 0.0119 e. The molecule has 0 aliphatic heterocycles. The molecule has 0 radical (unpaired) electrons. The summed E-state index contributed by atoms with van der Waals surface area (Å²) in [4.78, 5) is 0. The van der Waals surface area contributed by atoms with E-state index in [9.17, 15) is 0 Å². The predicted molar refractivity (Wildman–Crippen MR) is 111 cm³/mol. The van der Waals surface area contributed by atoms with E-state index in [1.54, 1.807) is 0 Å². The Bertz CT molecular complexity index is 1040. The van der Waals surface area contributed by atoms with E-state index in [1.807, 2.05) is 0 Å². The number of rotatable bonds is 2. The summed E-state index contributed by atoms with van der Waals surface area (Å²) < 4.78 is 0. The van der Waals surface area contributed by atoms with Gasteiger partial charge in [-0.2, -0.15) is 0 Å². The highest BCUT2D eigenvalue weighted by Gasteiger charge is 2.40. The van der Waals surface area contributed by atoms with Crippen LogP contribution in [0, 0.1) is 5.41 Å². The maximum Gasteiger partial charge on any atom is 0.0119 e. The second-order valence-corrected chi connectivity index (χ2v) is 8.35. The molecule has 0 heteroatoms. The van der Waals surface area contributed by atoms with E-state index in [0.717, 1.165) is 6.42 Å². The molecule has 5 rings (SSSR count). The molecule has 0 saturated heterocycles. The fourth-order valence-electron chi connectivity index (χ4n) is 5.18. The van der Waals surface area contributed by atoms with Crippen molar-refractivity contribution in [2.45, 2.75) is 33.1 Å². The largest absolute Gasteiger partial charge is 0.0755 e. The normalized spacial score (nSPS) is 20.5. The van der Waals surface area contributed by atoms with Gasteiger partial charge in [-0.1, -0.05) is 80.6 Å². The van der Waals surface area contributed by atoms with Crippen LogP contribution in [-0.4, -0.2) is 0 Å². The van der Waals surface area contributed by atoms with Crippen LogP contribution in [0.3, 0.4) is 0 Å². The molecule has 0 heterocycles. The lowest BCUT2D eigenvalue weighted by Crippen LogP contribution is -2.24. The third-order valence-corrected chi connectivity index (χ3v) is 6.36. The first-order valence-electron chi connectivity index (χ1n) is 9.55. The van der Waals surface area contributed by atoms with Gasteiger partial charge in [0.05, 0.1) is 0 Å². The van der Waals surface area contributed by atoms with Crippen molar-refractivity contribution < 1.29 is 0 Å². The Hall–Kier alpha value is -2.60. The highest BCUT2D eigenvalue weighted by atomic mass is 14.4. The highest BCUT2D eigenvalue weighted by Crippen LogP contribution is 2.54. The molecule has 0 spiro atoms. The summed E-state index contributed by atoms with van der Waals surface area (Å²) in [6, 6.07) is 17.7. The maximum atomic E-state index is 2.42. The van der Waals surface area contributed by atoms with Crippen LogP contribution in [-0.2, 0) is 6.42 Å². The summed E-state index contributed by atoms with van der Waals surface area (Å²) >= 11 is 0. The number of fused-ring (bicyclic) bond motifs is 3. The minimum absolute atomic E-state index is 0.0591. The lowest BCUT2D eigenvalue weighted by molar-refractivity contribution is 0.405. The Kier molecular flexibility index (Phi) is 3.28. The summed E-state index contributed by atoms with van der Waals surface area (Å²) in [6.45, 7) is 7.13.